The average molecular weight is 536 g/mol. The topological polar surface area (TPSA) is 72.9 Å². The lowest BCUT2D eigenvalue weighted by Crippen LogP contribution is -2.41. The number of nitrogens with zero attached hydrogens (tertiary/aromatic N) is 1. The van der Waals surface area contributed by atoms with Crippen LogP contribution in [0, 0.1) is 5.92 Å². The molecule has 0 amide bonds. The van der Waals surface area contributed by atoms with E-state index in [0.29, 0.717) is 5.75 Å². The van der Waals surface area contributed by atoms with E-state index in [0.717, 1.165) is 27.0 Å². The Kier molecular flexibility index (Phi) is 7.84. The Balaban J connectivity index is 1.52. The van der Waals surface area contributed by atoms with Gasteiger partial charge in [-0.15, -0.1) is 0 Å². The third-order valence-electron chi connectivity index (χ3n) is 4.99. The van der Waals surface area contributed by atoms with Crippen molar-refractivity contribution >= 4 is 31.9 Å². The lowest BCUT2D eigenvalue weighted by molar-refractivity contribution is -0.150. The molecule has 0 saturated carbocycles. The lowest BCUT2D eigenvalue weighted by Gasteiger charge is -2.30. The van der Waals surface area contributed by atoms with Crippen molar-refractivity contribution in [3.05, 3.63) is 58.6 Å². The van der Waals surface area contributed by atoms with Crippen LogP contribution in [0.3, 0.4) is 0 Å². The number of piperidine rings is 1. The summed E-state index contributed by atoms with van der Waals surface area (Å²) < 4.78 is 77.8. The van der Waals surface area contributed by atoms with Crippen LogP contribution in [-0.4, -0.2) is 45.0 Å². The van der Waals surface area contributed by atoms with Crippen molar-refractivity contribution in [2.75, 3.05) is 26.3 Å². The Labute approximate surface area is 192 Å². The summed E-state index contributed by atoms with van der Waals surface area (Å²) in [4.78, 5) is 11.5. The summed E-state index contributed by atoms with van der Waals surface area (Å²) >= 11 is 3.33. The Hall–Kier alpha value is -2.11. The van der Waals surface area contributed by atoms with Crippen molar-refractivity contribution < 1.29 is 35.9 Å². The van der Waals surface area contributed by atoms with Crippen LogP contribution in [0.2, 0.25) is 0 Å². The number of halogens is 4. The minimum atomic E-state index is -4.79. The first-order valence-electron chi connectivity index (χ1n) is 9.80. The molecule has 0 aliphatic carbocycles. The molecule has 1 heterocycles. The minimum Gasteiger partial charge on any atom is -0.490 e. The first-order valence-corrected chi connectivity index (χ1v) is 12.0. The monoisotopic (exact) mass is 535 g/mol. The first-order chi connectivity index (χ1) is 15.1. The van der Waals surface area contributed by atoms with E-state index < -0.39 is 38.5 Å². The number of ether oxygens (including phenoxy) is 2. The molecule has 3 rings (SSSR count). The van der Waals surface area contributed by atoms with E-state index in [1.165, 1.54) is 6.07 Å². The molecule has 174 valence electrons. The zero-order valence-corrected chi connectivity index (χ0v) is 19.2. The molecule has 1 aliphatic rings. The first kappa shape index (κ1) is 24.5. The molecule has 0 atom stereocenters. The summed E-state index contributed by atoms with van der Waals surface area (Å²) in [6, 6.07) is 11.3. The SMILES string of the molecule is O=C(OCCOc1cccc(Br)c1)C1CCN(S(=O)(=O)c2ccccc2C(F)(F)F)CC1. The van der Waals surface area contributed by atoms with Gasteiger partial charge in [0.2, 0.25) is 10.0 Å². The molecule has 11 heteroatoms. The fourth-order valence-corrected chi connectivity index (χ4v) is 5.43. The number of alkyl halides is 3. The third-order valence-corrected chi connectivity index (χ3v) is 7.44. The van der Waals surface area contributed by atoms with E-state index in [9.17, 15) is 26.4 Å². The highest BCUT2D eigenvalue weighted by atomic mass is 79.9. The van der Waals surface area contributed by atoms with Gasteiger partial charge in [-0.05, 0) is 43.2 Å². The largest absolute Gasteiger partial charge is 0.490 e. The van der Waals surface area contributed by atoms with Crippen LogP contribution < -0.4 is 4.74 Å². The molecule has 1 fully saturated rings. The van der Waals surface area contributed by atoms with Crippen LogP contribution in [0.5, 0.6) is 5.75 Å². The fourth-order valence-electron chi connectivity index (χ4n) is 3.37. The van der Waals surface area contributed by atoms with Gasteiger partial charge in [-0.1, -0.05) is 34.1 Å². The van der Waals surface area contributed by atoms with Gasteiger partial charge in [-0.25, -0.2) is 8.42 Å². The van der Waals surface area contributed by atoms with Crippen molar-refractivity contribution in [1.82, 2.24) is 4.31 Å². The van der Waals surface area contributed by atoms with E-state index in [1.807, 2.05) is 6.07 Å². The Morgan fingerprint density at radius 1 is 1.06 bits per heavy atom. The molecule has 0 radical (unpaired) electrons. The van der Waals surface area contributed by atoms with Crippen LogP contribution >= 0.6 is 15.9 Å². The van der Waals surface area contributed by atoms with E-state index in [-0.39, 0.29) is 39.1 Å². The number of hydrogen-bond donors (Lipinski definition) is 0. The molecule has 0 N–H and O–H groups in total. The van der Waals surface area contributed by atoms with Gasteiger partial charge in [0.15, 0.2) is 0 Å². The summed E-state index contributed by atoms with van der Waals surface area (Å²) in [5.41, 5.74) is -1.20. The number of carbonyl (C=O) groups excluding carboxylic acids is 1. The van der Waals surface area contributed by atoms with Gasteiger partial charge >= 0.3 is 12.1 Å². The quantitative estimate of drug-likeness (QED) is 0.385. The molecule has 0 bridgehead atoms. The molecule has 2 aromatic rings. The van der Waals surface area contributed by atoms with E-state index in [4.69, 9.17) is 9.47 Å². The van der Waals surface area contributed by atoms with Gasteiger partial charge in [0.25, 0.3) is 0 Å². The number of benzene rings is 2. The highest BCUT2D eigenvalue weighted by molar-refractivity contribution is 9.10. The summed E-state index contributed by atoms with van der Waals surface area (Å²) in [5.74, 6) is -0.381. The molecule has 32 heavy (non-hydrogen) atoms. The number of esters is 1. The normalized spacial score (nSPS) is 16.0. The molecule has 1 saturated heterocycles. The molecular formula is C21H21BrF3NO5S. The third kappa shape index (κ3) is 6.02. The second-order valence-electron chi connectivity index (χ2n) is 7.15. The van der Waals surface area contributed by atoms with Gasteiger partial charge in [0.1, 0.15) is 19.0 Å². The van der Waals surface area contributed by atoms with Gasteiger partial charge in [-0.2, -0.15) is 17.5 Å². The van der Waals surface area contributed by atoms with Crippen LogP contribution in [-0.2, 0) is 25.7 Å². The van der Waals surface area contributed by atoms with Crippen LogP contribution in [0.1, 0.15) is 18.4 Å². The van der Waals surface area contributed by atoms with E-state index >= 15 is 0 Å². The summed E-state index contributed by atoms with van der Waals surface area (Å²) in [5, 5.41) is 0. The Morgan fingerprint density at radius 3 is 2.41 bits per heavy atom. The number of rotatable bonds is 7. The average Bonchev–Trinajstić information content (AvgIpc) is 2.76. The highest BCUT2D eigenvalue weighted by Crippen LogP contribution is 2.36. The summed E-state index contributed by atoms with van der Waals surface area (Å²) in [6.45, 7) is 0.0537. The molecule has 2 aromatic carbocycles. The Morgan fingerprint density at radius 2 is 1.75 bits per heavy atom. The minimum absolute atomic E-state index is 0.0306. The highest BCUT2D eigenvalue weighted by Gasteiger charge is 2.40. The van der Waals surface area contributed by atoms with Crippen molar-refractivity contribution in [3.8, 4) is 5.75 Å². The van der Waals surface area contributed by atoms with Crippen molar-refractivity contribution in [2.24, 2.45) is 5.92 Å². The molecule has 6 nitrogen and oxygen atoms in total. The van der Waals surface area contributed by atoms with E-state index in [1.54, 1.807) is 18.2 Å². The van der Waals surface area contributed by atoms with Crippen molar-refractivity contribution in [1.29, 1.82) is 0 Å². The van der Waals surface area contributed by atoms with Gasteiger partial charge < -0.3 is 9.47 Å². The van der Waals surface area contributed by atoms with Crippen LogP contribution in [0.25, 0.3) is 0 Å². The second kappa shape index (κ2) is 10.2. The van der Waals surface area contributed by atoms with Crippen LogP contribution in [0.15, 0.2) is 57.9 Å². The molecule has 0 spiro atoms. The zero-order valence-electron chi connectivity index (χ0n) is 16.8. The number of carbonyl (C=O) groups is 1. The molecular weight excluding hydrogens is 515 g/mol. The summed E-state index contributed by atoms with van der Waals surface area (Å²) in [7, 11) is -4.34. The standard InChI is InChI=1S/C21H21BrF3NO5S/c22-16-4-3-5-17(14-16)30-12-13-31-20(27)15-8-10-26(11-9-15)32(28,29)19-7-2-1-6-18(19)21(23,24)25/h1-7,14-15H,8-13H2. The van der Waals surface area contributed by atoms with Gasteiger partial charge in [0, 0.05) is 17.6 Å². The fraction of sp³-hybridized carbons (Fsp3) is 0.381. The van der Waals surface area contributed by atoms with Crippen molar-refractivity contribution in [2.45, 2.75) is 23.9 Å². The zero-order chi connectivity index (χ0) is 23.4. The smallest absolute Gasteiger partial charge is 0.417 e. The Bertz CT molecular complexity index is 1050. The maximum Gasteiger partial charge on any atom is 0.417 e. The molecule has 0 aromatic heterocycles. The molecule has 1 aliphatic heterocycles. The maximum atomic E-state index is 13.2. The predicted molar refractivity (Wildman–Crippen MR) is 114 cm³/mol. The number of hydrogen-bond acceptors (Lipinski definition) is 5. The molecule has 0 unspecified atom stereocenters. The predicted octanol–water partition coefficient (Wildman–Crippen LogP) is 4.49. The van der Waals surface area contributed by atoms with Crippen LogP contribution in [0.4, 0.5) is 13.2 Å². The van der Waals surface area contributed by atoms with E-state index in [2.05, 4.69) is 15.9 Å². The van der Waals surface area contributed by atoms with Gasteiger partial charge in [0.05, 0.1) is 16.4 Å². The lowest BCUT2D eigenvalue weighted by atomic mass is 9.98. The maximum absolute atomic E-state index is 13.2. The van der Waals surface area contributed by atoms with Crippen molar-refractivity contribution in [3.63, 3.8) is 0 Å². The summed E-state index contributed by atoms with van der Waals surface area (Å²) in [6.07, 6.45) is -4.46. The number of sulfonamides is 1. The van der Waals surface area contributed by atoms with Gasteiger partial charge in [-0.3, -0.25) is 4.79 Å². The second-order valence-corrected chi connectivity index (χ2v) is 9.97.